The molecule has 0 aliphatic rings. The number of methoxy groups -OCH3 is 1. The van der Waals surface area contributed by atoms with Crippen LogP contribution in [0.5, 0.6) is 5.75 Å². The van der Waals surface area contributed by atoms with Crippen LogP contribution in [0.1, 0.15) is 70.4 Å². The topological polar surface area (TPSA) is 121 Å². The van der Waals surface area contributed by atoms with E-state index in [0.717, 1.165) is 5.56 Å². The predicted molar refractivity (Wildman–Crippen MR) is 157 cm³/mol. The number of halogens is 1. The third kappa shape index (κ3) is 9.19. The number of nitrogens with one attached hydrogen (secondary N) is 2. The Hall–Kier alpha value is -4.15. The summed E-state index contributed by atoms with van der Waals surface area (Å²) >= 11 is 0. The summed E-state index contributed by atoms with van der Waals surface area (Å²) < 4.78 is 31.2. The third-order valence-corrected chi connectivity index (χ3v) is 6.27. The average molecular weight is 585 g/mol. The molecule has 0 unspecified atom stereocenters. The molecule has 2 amide bonds. The number of fused-ring (bicyclic) bond motifs is 1. The summed E-state index contributed by atoms with van der Waals surface area (Å²) in [6.07, 6.45) is 0.935. The van der Waals surface area contributed by atoms with Gasteiger partial charge in [0.15, 0.2) is 5.69 Å². The number of unbranched alkanes of at least 4 members (excludes halogenated alkanes) is 1. The van der Waals surface area contributed by atoms with Gasteiger partial charge in [0.25, 0.3) is 5.91 Å². The lowest BCUT2D eigenvalue weighted by molar-refractivity contribution is -0.145. The zero-order valence-electron chi connectivity index (χ0n) is 25.4. The molecule has 42 heavy (non-hydrogen) atoms. The number of ether oxygens (including phenoxy) is 3. The Labute approximate surface area is 245 Å². The number of alkyl carbamates (subject to hydrolysis) is 1. The van der Waals surface area contributed by atoms with Crippen molar-refractivity contribution in [1.82, 2.24) is 20.4 Å². The zero-order chi connectivity index (χ0) is 31.1. The summed E-state index contributed by atoms with van der Waals surface area (Å²) in [4.78, 5) is 37.6. The zero-order valence-corrected chi connectivity index (χ0v) is 25.4. The predicted octanol–water partition coefficient (Wildman–Crippen LogP) is 5.22. The number of hydrogen-bond donors (Lipinski definition) is 2. The largest absolute Gasteiger partial charge is 0.494 e. The molecule has 10 nitrogen and oxygen atoms in total. The van der Waals surface area contributed by atoms with Gasteiger partial charge in [0.2, 0.25) is 0 Å². The number of esters is 1. The van der Waals surface area contributed by atoms with Crippen LogP contribution in [-0.4, -0.2) is 59.7 Å². The van der Waals surface area contributed by atoms with Crippen LogP contribution in [0.15, 0.2) is 42.5 Å². The number of carbonyl (C=O) groups is 3. The van der Waals surface area contributed by atoms with E-state index in [9.17, 15) is 18.8 Å². The summed E-state index contributed by atoms with van der Waals surface area (Å²) in [5.41, 5.74) is 0.423. The Bertz CT molecular complexity index is 1390. The molecule has 0 fully saturated rings. The van der Waals surface area contributed by atoms with Crippen molar-refractivity contribution in [3.63, 3.8) is 0 Å². The number of aromatic nitrogens is 2. The van der Waals surface area contributed by atoms with Crippen LogP contribution in [0.2, 0.25) is 0 Å². The molecule has 228 valence electrons. The van der Waals surface area contributed by atoms with E-state index in [1.165, 1.54) is 19.2 Å². The van der Waals surface area contributed by atoms with E-state index < -0.39 is 35.0 Å². The normalized spacial score (nSPS) is 12.5. The van der Waals surface area contributed by atoms with Crippen molar-refractivity contribution in [1.29, 1.82) is 0 Å². The molecular formula is C31H41FN4O6. The fourth-order valence-electron chi connectivity index (χ4n) is 4.16. The van der Waals surface area contributed by atoms with E-state index in [0.29, 0.717) is 42.6 Å². The molecule has 3 rings (SSSR count). The first-order valence-electron chi connectivity index (χ1n) is 13.9. The van der Waals surface area contributed by atoms with Crippen molar-refractivity contribution in [2.24, 2.45) is 5.41 Å². The van der Waals surface area contributed by atoms with Gasteiger partial charge in [-0.25, -0.2) is 14.0 Å². The highest BCUT2D eigenvalue weighted by Gasteiger charge is 2.35. The molecule has 0 radical (unpaired) electrons. The quantitative estimate of drug-likeness (QED) is 0.234. The minimum Gasteiger partial charge on any atom is -0.494 e. The lowest BCUT2D eigenvalue weighted by Crippen LogP contribution is -2.49. The molecule has 0 saturated heterocycles. The maximum absolute atomic E-state index is 13.5. The SMILES string of the molecule is COC(=O)[C@@H](NC(=O)c1nn(Cc2ccc(F)cc2)c2cc(OCCCCNC(=O)OC(C)(C)C)ccc12)C(C)(C)C. The lowest BCUT2D eigenvalue weighted by atomic mass is 9.86. The van der Waals surface area contributed by atoms with Crippen molar-refractivity contribution in [3.8, 4) is 5.75 Å². The molecule has 1 aromatic heterocycles. The summed E-state index contributed by atoms with van der Waals surface area (Å²) in [6.45, 7) is 12.1. The highest BCUT2D eigenvalue weighted by Crippen LogP contribution is 2.27. The molecule has 0 bridgehead atoms. The Balaban J connectivity index is 1.77. The number of carbonyl (C=O) groups excluding carboxylic acids is 3. The first-order valence-corrected chi connectivity index (χ1v) is 13.9. The highest BCUT2D eigenvalue weighted by atomic mass is 19.1. The van der Waals surface area contributed by atoms with Crippen LogP contribution < -0.4 is 15.4 Å². The van der Waals surface area contributed by atoms with Crippen molar-refractivity contribution < 1.29 is 33.0 Å². The summed E-state index contributed by atoms with van der Waals surface area (Å²) in [5.74, 6) is -0.841. The lowest BCUT2D eigenvalue weighted by Gasteiger charge is -2.28. The number of benzene rings is 2. The van der Waals surface area contributed by atoms with Gasteiger partial charge in [-0.1, -0.05) is 32.9 Å². The van der Waals surface area contributed by atoms with Crippen LogP contribution in [0, 0.1) is 11.2 Å². The van der Waals surface area contributed by atoms with Crippen LogP contribution >= 0.6 is 0 Å². The van der Waals surface area contributed by atoms with E-state index in [4.69, 9.17) is 14.2 Å². The Kier molecular flexibility index (Phi) is 10.5. The van der Waals surface area contributed by atoms with Gasteiger partial charge < -0.3 is 24.8 Å². The minimum absolute atomic E-state index is 0.144. The standard InChI is InChI=1S/C31H41FN4O6/c1-30(2,3)26(28(38)40-7)34-27(37)25-23-15-14-22(41-17-9-8-16-33-29(39)42-31(4,5)6)18-24(23)36(35-25)19-20-10-12-21(32)13-11-20/h10-15,18,26H,8-9,16-17,19H2,1-7H3,(H,33,39)(H,34,37)/t26-/m1/s1. The van der Waals surface area contributed by atoms with Gasteiger partial charge in [-0.3, -0.25) is 9.48 Å². The molecule has 2 aromatic carbocycles. The minimum atomic E-state index is -0.889. The van der Waals surface area contributed by atoms with Gasteiger partial charge in [-0.2, -0.15) is 5.10 Å². The second-order valence-corrected chi connectivity index (χ2v) is 12.1. The molecule has 0 aliphatic carbocycles. The molecule has 1 heterocycles. The number of amides is 2. The number of rotatable bonds is 11. The maximum Gasteiger partial charge on any atom is 0.407 e. The van der Waals surface area contributed by atoms with Crippen molar-refractivity contribution in [2.45, 2.75) is 72.6 Å². The Morgan fingerprint density at radius 3 is 2.31 bits per heavy atom. The third-order valence-electron chi connectivity index (χ3n) is 6.27. The first-order chi connectivity index (χ1) is 19.7. The summed E-state index contributed by atoms with van der Waals surface area (Å²) in [7, 11) is 1.28. The van der Waals surface area contributed by atoms with Crippen LogP contribution in [-0.2, 0) is 20.8 Å². The summed E-state index contributed by atoms with van der Waals surface area (Å²) in [6, 6.07) is 10.5. The molecule has 0 spiro atoms. The monoisotopic (exact) mass is 584 g/mol. The molecule has 11 heteroatoms. The fourth-order valence-corrected chi connectivity index (χ4v) is 4.16. The van der Waals surface area contributed by atoms with E-state index in [1.807, 2.05) is 41.5 Å². The van der Waals surface area contributed by atoms with Crippen LogP contribution in [0.3, 0.4) is 0 Å². The van der Waals surface area contributed by atoms with Crippen molar-refractivity contribution in [3.05, 3.63) is 59.5 Å². The second-order valence-electron chi connectivity index (χ2n) is 12.1. The van der Waals surface area contributed by atoms with Gasteiger partial charge in [-0.15, -0.1) is 0 Å². The molecule has 0 saturated carbocycles. The van der Waals surface area contributed by atoms with E-state index in [1.54, 1.807) is 35.0 Å². The maximum atomic E-state index is 13.5. The number of hydrogen-bond acceptors (Lipinski definition) is 7. The van der Waals surface area contributed by atoms with Gasteiger partial charge in [0, 0.05) is 18.0 Å². The fraction of sp³-hybridized carbons (Fsp3) is 0.484. The Morgan fingerprint density at radius 2 is 1.69 bits per heavy atom. The average Bonchev–Trinajstić information content (AvgIpc) is 3.26. The molecule has 2 N–H and O–H groups in total. The van der Waals surface area contributed by atoms with E-state index in [2.05, 4.69) is 15.7 Å². The van der Waals surface area contributed by atoms with Crippen molar-refractivity contribution in [2.75, 3.05) is 20.3 Å². The smallest absolute Gasteiger partial charge is 0.407 e. The van der Waals surface area contributed by atoms with Gasteiger partial charge in [0.05, 0.1) is 25.8 Å². The second kappa shape index (κ2) is 13.7. The highest BCUT2D eigenvalue weighted by molar-refractivity contribution is 6.06. The Morgan fingerprint density at radius 1 is 1.00 bits per heavy atom. The van der Waals surface area contributed by atoms with Gasteiger partial charge >= 0.3 is 12.1 Å². The molecule has 3 aromatic rings. The number of nitrogens with zero attached hydrogens (tertiary/aromatic N) is 2. The van der Waals surface area contributed by atoms with Crippen LogP contribution in [0.25, 0.3) is 10.9 Å². The molecular weight excluding hydrogens is 543 g/mol. The first kappa shape index (κ1) is 32.4. The van der Waals surface area contributed by atoms with Crippen molar-refractivity contribution >= 4 is 28.9 Å². The van der Waals surface area contributed by atoms with E-state index in [-0.39, 0.29) is 18.1 Å². The molecule has 1 atom stereocenters. The summed E-state index contributed by atoms with van der Waals surface area (Å²) in [5, 5.41) is 10.7. The van der Waals surface area contributed by atoms with Gasteiger partial charge in [-0.05, 0) is 68.9 Å². The molecule has 0 aliphatic heterocycles. The van der Waals surface area contributed by atoms with Gasteiger partial charge in [0.1, 0.15) is 23.2 Å². The van der Waals surface area contributed by atoms with E-state index >= 15 is 0 Å². The van der Waals surface area contributed by atoms with Crippen LogP contribution in [0.4, 0.5) is 9.18 Å².